The summed E-state index contributed by atoms with van der Waals surface area (Å²) in [6, 6.07) is 8.67. The summed E-state index contributed by atoms with van der Waals surface area (Å²) < 4.78 is 10.9. The molecule has 0 aliphatic heterocycles. The molecule has 7 heteroatoms. The third-order valence-electron chi connectivity index (χ3n) is 3.11. The van der Waals surface area contributed by atoms with Gasteiger partial charge in [-0.1, -0.05) is 0 Å². The molecule has 122 valence electrons. The fourth-order valence-electron chi connectivity index (χ4n) is 2.00. The summed E-state index contributed by atoms with van der Waals surface area (Å²) in [5.41, 5.74) is 6.81. The van der Waals surface area contributed by atoms with Crippen LogP contribution in [0.25, 0.3) is 0 Å². The molecule has 0 saturated carbocycles. The second kappa shape index (κ2) is 7.35. The topological polar surface area (TPSA) is 89.7 Å². The molecule has 0 fully saturated rings. The van der Waals surface area contributed by atoms with E-state index in [1.807, 2.05) is 0 Å². The van der Waals surface area contributed by atoms with Crippen LogP contribution in [0.4, 0.5) is 22.0 Å². The predicted molar refractivity (Wildman–Crippen MR) is 90.1 cm³/mol. The number of rotatable bonds is 5. The standard InChI is InChI=1S/C16H20N4O3/c1-4-22-16(21)20(3)14-13(9-10-19-15(14)18-2)23-12-7-5-11(17)6-8-12/h5-10H,4,17H2,1-3H3,(H,18,19). The molecule has 2 aromatic rings. The molecule has 0 atom stereocenters. The number of nitrogen functional groups attached to an aromatic ring is 1. The summed E-state index contributed by atoms with van der Waals surface area (Å²) in [5.74, 6) is 1.59. The lowest BCUT2D eigenvalue weighted by atomic mass is 10.3. The molecule has 0 bridgehead atoms. The maximum absolute atomic E-state index is 12.0. The van der Waals surface area contributed by atoms with Crippen LogP contribution >= 0.6 is 0 Å². The number of anilines is 3. The Labute approximate surface area is 135 Å². The van der Waals surface area contributed by atoms with Crippen LogP contribution in [0, 0.1) is 0 Å². The number of carbonyl (C=O) groups is 1. The van der Waals surface area contributed by atoms with Gasteiger partial charge in [0, 0.05) is 32.0 Å². The number of aromatic nitrogens is 1. The molecule has 2 rings (SSSR count). The lowest BCUT2D eigenvalue weighted by molar-refractivity contribution is 0.161. The van der Waals surface area contributed by atoms with Crippen LogP contribution in [0.3, 0.4) is 0 Å². The van der Waals surface area contributed by atoms with Gasteiger partial charge in [0.25, 0.3) is 0 Å². The van der Waals surface area contributed by atoms with Gasteiger partial charge >= 0.3 is 6.09 Å². The zero-order chi connectivity index (χ0) is 16.8. The second-order valence-corrected chi connectivity index (χ2v) is 4.69. The first-order chi connectivity index (χ1) is 11.1. The fraction of sp³-hybridized carbons (Fsp3) is 0.250. The molecule has 1 aromatic heterocycles. The van der Waals surface area contributed by atoms with Crippen molar-refractivity contribution in [1.82, 2.24) is 4.98 Å². The Bertz CT molecular complexity index is 674. The third kappa shape index (κ3) is 3.82. The normalized spacial score (nSPS) is 10.0. The number of carbonyl (C=O) groups excluding carboxylic acids is 1. The number of hydrogen-bond acceptors (Lipinski definition) is 6. The summed E-state index contributed by atoms with van der Waals surface area (Å²) in [5, 5.41) is 2.95. The van der Waals surface area contributed by atoms with Crippen LogP contribution in [0.5, 0.6) is 11.5 Å². The predicted octanol–water partition coefficient (Wildman–Crippen LogP) is 3.09. The maximum atomic E-state index is 12.0. The van der Waals surface area contributed by atoms with E-state index in [0.717, 1.165) is 0 Å². The zero-order valence-electron chi connectivity index (χ0n) is 13.4. The van der Waals surface area contributed by atoms with Crippen molar-refractivity contribution in [1.29, 1.82) is 0 Å². The molecule has 0 radical (unpaired) electrons. The number of nitrogens with zero attached hydrogens (tertiary/aromatic N) is 2. The second-order valence-electron chi connectivity index (χ2n) is 4.69. The molecular weight excluding hydrogens is 296 g/mol. The highest BCUT2D eigenvalue weighted by Crippen LogP contribution is 2.37. The number of ether oxygens (including phenoxy) is 2. The van der Waals surface area contributed by atoms with Gasteiger partial charge in [-0.15, -0.1) is 0 Å². The van der Waals surface area contributed by atoms with Crippen molar-refractivity contribution >= 4 is 23.3 Å². The number of amides is 1. The Kier molecular flexibility index (Phi) is 5.24. The van der Waals surface area contributed by atoms with E-state index in [9.17, 15) is 4.79 Å². The van der Waals surface area contributed by atoms with Crippen LogP contribution in [0.1, 0.15) is 6.92 Å². The Hall–Kier alpha value is -2.96. The van der Waals surface area contributed by atoms with Gasteiger partial charge in [-0.3, -0.25) is 4.90 Å². The number of hydrogen-bond donors (Lipinski definition) is 2. The van der Waals surface area contributed by atoms with Crippen molar-refractivity contribution < 1.29 is 14.3 Å². The quantitative estimate of drug-likeness (QED) is 0.824. The monoisotopic (exact) mass is 316 g/mol. The zero-order valence-corrected chi connectivity index (χ0v) is 13.4. The number of nitrogens with two attached hydrogens (primary N) is 1. The summed E-state index contributed by atoms with van der Waals surface area (Å²) in [7, 11) is 3.32. The van der Waals surface area contributed by atoms with Crippen molar-refractivity contribution in [2.45, 2.75) is 6.92 Å². The Morgan fingerprint density at radius 1 is 1.30 bits per heavy atom. The number of benzene rings is 1. The Morgan fingerprint density at radius 3 is 2.61 bits per heavy atom. The van der Waals surface area contributed by atoms with Crippen molar-refractivity contribution in [3.63, 3.8) is 0 Å². The summed E-state index contributed by atoms with van der Waals surface area (Å²) in [4.78, 5) is 17.6. The van der Waals surface area contributed by atoms with E-state index in [1.54, 1.807) is 57.5 Å². The molecule has 23 heavy (non-hydrogen) atoms. The third-order valence-corrected chi connectivity index (χ3v) is 3.11. The van der Waals surface area contributed by atoms with E-state index in [-0.39, 0.29) is 6.61 Å². The lowest BCUT2D eigenvalue weighted by Gasteiger charge is -2.22. The summed E-state index contributed by atoms with van der Waals surface area (Å²) in [6.07, 6.45) is 1.11. The van der Waals surface area contributed by atoms with E-state index >= 15 is 0 Å². The Morgan fingerprint density at radius 2 is 2.00 bits per heavy atom. The van der Waals surface area contributed by atoms with E-state index in [2.05, 4.69) is 10.3 Å². The first-order valence-electron chi connectivity index (χ1n) is 7.17. The molecule has 3 N–H and O–H groups in total. The Balaban J connectivity index is 2.38. The minimum Gasteiger partial charge on any atom is -0.455 e. The smallest absolute Gasteiger partial charge is 0.414 e. The number of pyridine rings is 1. The molecule has 0 saturated heterocycles. The molecule has 1 amide bonds. The molecule has 7 nitrogen and oxygen atoms in total. The SMILES string of the molecule is CCOC(=O)N(C)c1c(Oc2ccc(N)cc2)ccnc1NC. The van der Waals surface area contributed by atoms with Crippen molar-refractivity contribution in [3.8, 4) is 11.5 Å². The molecular formula is C16H20N4O3. The van der Waals surface area contributed by atoms with E-state index < -0.39 is 6.09 Å². The molecule has 0 unspecified atom stereocenters. The van der Waals surface area contributed by atoms with E-state index in [4.69, 9.17) is 15.2 Å². The van der Waals surface area contributed by atoms with E-state index in [0.29, 0.717) is 28.7 Å². The summed E-state index contributed by atoms with van der Waals surface area (Å²) >= 11 is 0. The molecule has 0 aliphatic carbocycles. The molecule has 0 aliphatic rings. The van der Waals surface area contributed by atoms with Gasteiger partial charge in [0.15, 0.2) is 11.6 Å². The van der Waals surface area contributed by atoms with Crippen LogP contribution in [0.15, 0.2) is 36.5 Å². The van der Waals surface area contributed by atoms with Gasteiger partial charge in [-0.05, 0) is 31.2 Å². The van der Waals surface area contributed by atoms with Gasteiger partial charge < -0.3 is 20.5 Å². The average molecular weight is 316 g/mol. The van der Waals surface area contributed by atoms with Crippen molar-refractivity contribution in [2.75, 3.05) is 36.7 Å². The molecule has 0 spiro atoms. The number of nitrogens with one attached hydrogen (secondary N) is 1. The fourth-order valence-corrected chi connectivity index (χ4v) is 2.00. The van der Waals surface area contributed by atoms with Gasteiger partial charge in [0.05, 0.1) is 6.61 Å². The highest BCUT2D eigenvalue weighted by molar-refractivity contribution is 5.93. The lowest BCUT2D eigenvalue weighted by Crippen LogP contribution is -2.28. The highest BCUT2D eigenvalue weighted by Gasteiger charge is 2.21. The first kappa shape index (κ1) is 16.4. The minimum atomic E-state index is -0.487. The van der Waals surface area contributed by atoms with Gasteiger partial charge in [-0.2, -0.15) is 0 Å². The van der Waals surface area contributed by atoms with Crippen LogP contribution in [-0.4, -0.2) is 31.8 Å². The van der Waals surface area contributed by atoms with Gasteiger partial charge in [0.2, 0.25) is 0 Å². The van der Waals surface area contributed by atoms with Gasteiger partial charge in [0.1, 0.15) is 11.4 Å². The first-order valence-corrected chi connectivity index (χ1v) is 7.17. The van der Waals surface area contributed by atoms with Crippen LogP contribution in [-0.2, 0) is 4.74 Å². The minimum absolute atomic E-state index is 0.284. The highest BCUT2D eigenvalue weighted by atomic mass is 16.6. The molecule has 1 aromatic carbocycles. The van der Waals surface area contributed by atoms with E-state index in [1.165, 1.54) is 4.90 Å². The van der Waals surface area contributed by atoms with Crippen LogP contribution in [0.2, 0.25) is 0 Å². The maximum Gasteiger partial charge on any atom is 0.414 e. The van der Waals surface area contributed by atoms with Crippen molar-refractivity contribution in [2.24, 2.45) is 0 Å². The van der Waals surface area contributed by atoms with Gasteiger partial charge in [-0.25, -0.2) is 9.78 Å². The summed E-state index contributed by atoms with van der Waals surface area (Å²) in [6.45, 7) is 2.03. The average Bonchev–Trinajstić information content (AvgIpc) is 2.56. The molecule has 1 heterocycles. The van der Waals surface area contributed by atoms with Crippen molar-refractivity contribution in [3.05, 3.63) is 36.5 Å². The van der Waals surface area contributed by atoms with Crippen LogP contribution < -0.4 is 20.7 Å². The largest absolute Gasteiger partial charge is 0.455 e.